The number of carbonyl (C=O) groups excluding carboxylic acids is 2. The predicted molar refractivity (Wildman–Crippen MR) is 569 cm³/mol. The maximum absolute atomic E-state index is 12.2. The van der Waals surface area contributed by atoms with E-state index in [1.165, 1.54) is 6.20 Å². The Morgan fingerprint density at radius 3 is 1.03 bits per heavy atom. The number of pyridine rings is 12. The number of aryl methyl sites for hydroxylation is 4. The molecular formula is C96H102N38O4S4. The Hall–Kier alpha value is -16.8. The van der Waals surface area contributed by atoms with E-state index in [1.54, 1.807) is 77.0 Å². The number of carbonyl (C=O) groups is 2. The molecule has 0 saturated carbocycles. The molecule has 0 radical (unpaired) electrons. The summed E-state index contributed by atoms with van der Waals surface area (Å²) in [4.78, 5) is 88.4. The summed E-state index contributed by atoms with van der Waals surface area (Å²) in [7, 11) is -2.30. The number of amides is 2. The summed E-state index contributed by atoms with van der Waals surface area (Å²) in [5.74, 6) is 20.9. The van der Waals surface area contributed by atoms with Gasteiger partial charge in [0.05, 0.1) is 89.7 Å². The number of anilines is 16. The molecule has 3 unspecified atom stereocenters. The van der Waals surface area contributed by atoms with E-state index in [0.717, 1.165) is 190 Å². The van der Waals surface area contributed by atoms with Crippen molar-refractivity contribution < 1.29 is 18.0 Å². The van der Waals surface area contributed by atoms with Crippen molar-refractivity contribution in [2.45, 2.75) is 92.6 Å². The van der Waals surface area contributed by atoms with Crippen LogP contribution >= 0.6 is 32.0 Å². The molecule has 18 aromatic heterocycles. The van der Waals surface area contributed by atoms with Crippen molar-refractivity contribution in [3.05, 3.63) is 229 Å². The van der Waals surface area contributed by atoms with Crippen molar-refractivity contribution in [1.82, 2.24) is 128 Å². The van der Waals surface area contributed by atoms with Gasteiger partial charge in [0.15, 0.2) is 23.3 Å². The summed E-state index contributed by atoms with van der Waals surface area (Å²) in [6.45, 7) is 12.6. The molecule has 46 heteroatoms. The molecule has 724 valence electrons. The minimum absolute atomic E-state index is 0.0399. The molecule has 17 N–H and O–H groups in total. The van der Waals surface area contributed by atoms with Gasteiger partial charge in [-0.15, -0.1) is 32.0 Å². The first kappa shape index (κ1) is 94.2. The van der Waals surface area contributed by atoms with Crippen molar-refractivity contribution in [2.24, 2.45) is 0 Å². The van der Waals surface area contributed by atoms with Crippen LogP contribution in [0.4, 0.5) is 92.6 Å². The summed E-state index contributed by atoms with van der Waals surface area (Å²) in [6.07, 6.45) is 38.7. The van der Waals surface area contributed by atoms with Gasteiger partial charge in [-0.2, -0.15) is 20.4 Å². The van der Waals surface area contributed by atoms with Gasteiger partial charge in [0.2, 0.25) is 21.8 Å². The lowest BCUT2D eigenvalue weighted by atomic mass is 10.0. The molecule has 3 atom stereocenters. The van der Waals surface area contributed by atoms with Crippen LogP contribution in [0.2, 0.25) is 0 Å². The van der Waals surface area contributed by atoms with Crippen molar-refractivity contribution in [3.8, 4) is 45.0 Å². The second kappa shape index (κ2) is 39.6. The number of fused-ring (bicyclic) bond motifs is 10. The van der Waals surface area contributed by atoms with Crippen LogP contribution in [0.1, 0.15) is 56.7 Å². The molecule has 4 aliphatic heterocycles. The highest BCUT2D eigenvalue weighted by molar-refractivity contribution is 8.15. The van der Waals surface area contributed by atoms with Gasteiger partial charge in [-0.1, -0.05) is 17.6 Å². The van der Waals surface area contributed by atoms with Crippen LogP contribution < -0.4 is 68.4 Å². The van der Waals surface area contributed by atoms with E-state index >= 15 is 0 Å². The van der Waals surface area contributed by atoms with E-state index in [1.807, 2.05) is 160 Å². The fraction of sp³-hybridized carbons (Fsp3) is 0.219. The number of hydrogen-bond donors (Lipinski definition) is 13. The fourth-order valence-electron chi connectivity index (χ4n) is 17.1. The van der Waals surface area contributed by atoms with Crippen molar-refractivity contribution in [1.29, 1.82) is 0 Å². The average Bonchev–Trinajstić information content (AvgIpc) is 1.75. The first-order valence-electron chi connectivity index (χ1n) is 44.9. The Morgan fingerprint density at radius 2 is 0.690 bits per heavy atom. The zero-order chi connectivity index (χ0) is 99.1. The van der Waals surface area contributed by atoms with E-state index in [-0.39, 0.29) is 56.9 Å². The molecule has 0 bridgehead atoms. The Bertz CT molecular complexity index is 8220. The monoisotopic (exact) mass is 1980 g/mol. The van der Waals surface area contributed by atoms with Crippen LogP contribution in [0.5, 0.6) is 0 Å². The van der Waals surface area contributed by atoms with Crippen molar-refractivity contribution >= 4 is 207 Å². The maximum Gasteiger partial charge on any atom is 0.244 e. The van der Waals surface area contributed by atoms with Crippen LogP contribution in [0.15, 0.2) is 172 Å². The lowest BCUT2D eigenvalue weighted by Crippen LogP contribution is -2.29. The molecular weight excluding hydrogens is 1880 g/mol. The number of imidazole rings is 2. The molecule has 4 aliphatic rings. The van der Waals surface area contributed by atoms with Crippen LogP contribution in [0.3, 0.4) is 0 Å². The summed E-state index contributed by atoms with van der Waals surface area (Å²) >= 11 is 0. The molecule has 0 spiro atoms. The van der Waals surface area contributed by atoms with Crippen LogP contribution in [0, 0.1) is 27.7 Å². The van der Waals surface area contributed by atoms with Gasteiger partial charge < -0.3 is 77.7 Å². The van der Waals surface area contributed by atoms with Crippen LogP contribution in [-0.2, 0) is 84.6 Å². The molecule has 22 rings (SSSR count). The van der Waals surface area contributed by atoms with E-state index in [9.17, 15) is 18.0 Å². The van der Waals surface area contributed by atoms with E-state index in [2.05, 4.69) is 158 Å². The summed E-state index contributed by atoms with van der Waals surface area (Å²) in [5, 5.41) is 41.1. The highest BCUT2D eigenvalue weighted by atomic mass is 32.2. The number of nitrogens with one attached hydrogen (secondary N) is 9. The van der Waals surface area contributed by atoms with Gasteiger partial charge in [-0.3, -0.25) is 53.0 Å². The Labute approximate surface area is 822 Å². The first-order chi connectivity index (χ1) is 68.3. The summed E-state index contributed by atoms with van der Waals surface area (Å²) < 4.78 is 47.8. The molecule has 0 saturated heterocycles. The molecule has 2 amide bonds. The van der Waals surface area contributed by atoms with Gasteiger partial charge in [-0.05, 0) is 139 Å². The van der Waals surface area contributed by atoms with Crippen molar-refractivity contribution in [3.63, 3.8) is 0 Å². The zero-order valence-electron chi connectivity index (χ0n) is 79.0. The largest absolute Gasteiger partial charge is 0.383 e. The van der Waals surface area contributed by atoms with Crippen LogP contribution in [0.25, 0.3) is 88.1 Å². The first-order valence-corrected chi connectivity index (χ1v) is 52.2. The molecule has 0 aliphatic carbocycles. The molecule has 22 heterocycles. The van der Waals surface area contributed by atoms with E-state index < -0.39 is 10.0 Å². The minimum Gasteiger partial charge on any atom is -0.383 e. The SMILES string of the molecule is C=S(C)Nc1cncc(-c2cc3cc(Nc4cc5n(n4)CC(=O)N(C)CC5)ncc3c(N)n2)c1C.C=S(C)Nc1cncc(-c2cc3cc(Nc4cc5n(n4)CC(=O)NCC5)ncc3c(N)n2)c1C.C=S(C)Nc1cncc(-c2cc3cc(Nc4cc5n(n4)Cc4nccn4CC5)ncc3c(N)n2)c1C.Cc1c(NS(C)(=O)=O)cncc1-c1cc2cc(Nc3cc4n(n3)Cc3nccn3CC4)ncc2c(N)n1. The van der Waals surface area contributed by atoms with Gasteiger partial charge >= 0.3 is 0 Å². The van der Waals surface area contributed by atoms with Gasteiger partial charge in [-0.25, -0.2) is 58.3 Å². The normalized spacial score (nSPS) is 13.9. The van der Waals surface area contributed by atoms with Gasteiger partial charge in [0, 0.05) is 224 Å². The second-order valence-corrected chi connectivity index (χ2v) is 40.9. The second-order valence-electron chi connectivity index (χ2n) is 34.7. The number of likely N-dealkylation sites (N-methyl/N-ethyl adjacent to an activating group) is 1. The predicted octanol–water partition coefficient (Wildman–Crippen LogP) is 12.7. The molecule has 0 aromatic carbocycles. The van der Waals surface area contributed by atoms with Gasteiger partial charge in [0.25, 0.3) is 0 Å². The third kappa shape index (κ3) is 20.8. The Kier molecular flexibility index (Phi) is 26.3. The third-order valence-electron chi connectivity index (χ3n) is 24.4. The number of nitrogen functional groups attached to an aromatic ring is 4. The molecule has 18 aromatic rings. The number of nitrogens with zero attached hydrogens (tertiary/aromatic N) is 25. The zero-order valence-corrected chi connectivity index (χ0v) is 82.3. The average molecular weight is 1980 g/mol. The lowest BCUT2D eigenvalue weighted by molar-refractivity contribution is -0.130. The van der Waals surface area contributed by atoms with E-state index in [4.69, 9.17) is 33.1 Å². The summed E-state index contributed by atoms with van der Waals surface area (Å²) in [5.41, 5.74) is 42.6. The lowest BCUT2D eigenvalue weighted by Gasteiger charge is -2.14. The molecule has 142 heavy (non-hydrogen) atoms. The van der Waals surface area contributed by atoms with Crippen LogP contribution in [-0.4, -0.2) is 206 Å². The Balaban J connectivity index is 0.000000120. The molecule has 42 nitrogen and oxygen atoms in total. The highest BCUT2D eigenvalue weighted by Gasteiger charge is 2.26. The number of sulfonamides is 1. The number of hydrogen-bond acceptors (Lipinski definition) is 33. The summed E-state index contributed by atoms with van der Waals surface area (Å²) in [6, 6.07) is 23.6. The standard InChI is InChI=1S/C25H26N10S.C24H24N10O2S.C24H27N9OS.C23H25N9OS/c1-15-18(11-27-13-21(15)33-36(2)3)20-8-16-9-22(29-12-19(16)25(26)30-20)31-23-10-17-4-6-34-7-5-28-24(34)14-35(17)32-23;1-14-17(10-26-12-20(14)32-37(2,35)36)19-7-15-8-21(28-11-18(15)24(25)29-19)30-22-9-16-3-5-33-6-4-27-23(33)13-34(16)31-22;1-14-17(10-26-12-20(14)31-35(3)4)19-7-15-8-21(27-11-18(15)24(25)28-19)29-22-9-16-5-6-32(2)23(34)13-33(16)30-22;1-13-16(9-25-11-19(13)31-34(2)3)18-6-14-7-20(27-10-17(14)23(24)28-18)29-21-8-15-4-5-26-22(33)12-32(15)30-21/h5,7-13,33H,2,4,6,14H2,1,3H3,(H2,26,30)(H,29,31,32);4,6-12,32H,3,5,13H2,1-2H3,(H2,25,29)(H,28,30,31);7-12,31H,3,5-6,13H2,1-2,4H3,(H2,25,28)(H,27,29,30);6-11,31H,2,4-5,12H2,1,3H3,(H2,24,28)(H,26,33)(H,27,29,30). The Morgan fingerprint density at radius 1 is 0.380 bits per heavy atom. The number of aromatic nitrogens is 24. The highest BCUT2D eigenvalue weighted by Crippen LogP contribution is 2.40. The quantitative estimate of drug-likeness (QED) is 0.0315. The number of rotatable bonds is 20. The fourth-order valence-corrected chi connectivity index (χ4v) is 19.4. The molecule has 0 fully saturated rings. The topological polar surface area (TPSA) is 545 Å². The maximum atomic E-state index is 12.2. The smallest absolute Gasteiger partial charge is 0.244 e. The van der Waals surface area contributed by atoms with Gasteiger partial charge in [0.1, 0.15) is 71.3 Å². The number of nitrogens with two attached hydrogens (primary N) is 4. The van der Waals surface area contributed by atoms with Crippen molar-refractivity contribution in [2.75, 3.05) is 108 Å². The third-order valence-corrected chi connectivity index (χ3v) is 26.7. The van der Waals surface area contributed by atoms with E-state index in [0.29, 0.717) is 118 Å². The minimum atomic E-state index is -3.46.